The van der Waals surface area contributed by atoms with Crippen molar-refractivity contribution in [3.8, 4) is 0 Å². The Kier molecular flexibility index (Phi) is 3.34. The zero-order chi connectivity index (χ0) is 8.27. The first-order valence-electron chi connectivity index (χ1n) is 4.79. The van der Waals surface area contributed by atoms with Crippen molar-refractivity contribution in [1.29, 1.82) is 0 Å². The van der Waals surface area contributed by atoms with Gasteiger partial charge >= 0.3 is 0 Å². The van der Waals surface area contributed by atoms with Crippen molar-refractivity contribution in [3.63, 3.8) is 0 Å². The SMILES string of the molecule is CCC1C(N)CCCN1CC. The van der Waals surface area contributed by atoms with Crippen molar-refractivity contribution in [1.82, 2.24) is 4.90 Å². The van der Waals surface area contributed by atoms with Crippen LogP contribution in [0.1, 0.15) is 33.1 Å². The second kappa shape index (κ2) is 4.07. The molecule has 1 aliphatic heterocycles. The Hall–Kier alpha value is -0.0800. The third kappa shape index (κ3) is 1.94. The normalized spacial score (nSPS) is 34.1. The van der Waals surface area contributed by atoms with Crippen LogP contribution in [0.2, 0.25) is 0 Å². The summed E-state index contributed by atoms with van der Waals surface area (Å²) in [6, 6.07) is 1.07. The van der Waals surface area contributed by atoms with Gasteiger partial charge in [-0.15, -0.1) is 0 Å². The van der Waals surface area contributed by atoms with Crippen LogP contribution in [0.3, 0.4) is 0 Å². The molecule has 0 bridgehead atoms. The molecule has 0 aliphatic carbocycles. The summed E-state index contributed by atoms with van der Waals surface area (Å²) in [4.78, 5) is 2.51. The van der Waals surface area contributed by atoms with Gasteiger partial charge in [0, 0.05) is 12.1 Å². The van der Waals surface area contributed by atoms with Gasteiger partial charge < -0.3 is 5.73 Å². The van der Waals surface area contributed by atoms with Gasteiger partial charge in [0.2, 0.25) is 0 Å². The predicted octanol–water partition coefficient (Wildman–Crippen LogP) is 1.21. The van der Waals surface area contributed by atoms with E-state index in [-0.39, 0.29) is 0 Å². The topological polar surface area (TPSA) is 29.3 Å². The minimum atomic E-state index is 0.425. The fraction of sp³-hybridized carbons (Fsp3) is 1.00. The average Bonchev–Trinajstić information content (AvgIpc) is 2.04. The zero-order valence-electron chi connectivity index (χ0n) is 7.71. The largest absolute Gasteiger partial charge is 0.326 e. The highest BCUT2D eigenvalue weighted by atomic mass is 15.2. The van der Waals surface area contributed by atoms with Crippen LogP contribution in [-0.4, -0.2) is 30.1 Å². The number of likely N-dealkylation sites (tertiary alicyclic amines) is 1. The van der Waals surface area contributed by atoms with Gasteiger partial charge in [-0.1, -0.05) is 13.8 Å². The third-order valence-electron chi connectivity index (χ3n) is 2.77. The van der Waals surface area contributed by atoms with E-state index in [1.165, 1.54) is 25.8 Å². The minimum absolute atomic E-state index is 0.425. The summed E-state index contributed by atoms with van der Waals surface area (Å²) >= 11 is 0. The van der Waals surface area contributed by atoms with Crippen LogP contribution in [-0.2, 0) is 0 Å². The molecule has 2 atom stereocenters. The van der Waals surface area contributed by atoms with Gasteiger partial charge in [0.25, 0.3) is 0 Å². The zero-order valence-corrected chi connectivity index (χ0v) is 7.71. The van der Waals surface area contributed by atoms with Crippen molar-refractivity contribution in [2.75, 3.05) is 13.1 Å². The number of rotatable bonds is 2. The molecule has 2 nitrogen and oxygen atoms in total. The highest BCUT2D eigenvalue weighted by molar-refractivity contribution is 4.85. The molecule has 0 radical (unpaired) electrons. The lowest BCUT2D eigenvalue weighted by Crippen LogP contribution is -2.51. The Bertz CT molecular complexity index is 114. The molecule has 2 unspecified atom stereocenters. The maximum atomic E-state index is 6.01. The maximum Gasteiger partial charge on any atom is 0.0244 e. The van der Waals surface area contributed by atoms with Crippen molar-refractivity contribution in [2.24, 2.45) is 5.73 Å². The summed E-state index contributed by atoms with van der Waals surface area (Å²) in [5.41, 5.74) is 6.01. The molecule has 0 amide bonds. The number of likely N-dealkylation sites (N-methyl/N-ethyl adjacent to an activating group) is 1. The molecular weight excluding hydrogens is 136 g/mol. The van der Waals surface area contributed by atoms with E-state index in [0.717, 1.165) is 6.54 Å². The first kappa shape index (κ1) is 9.01. The fourth-order valence-corrected chi connectivity index (χ4v) is 2.11. The molecule has 66 valence electrons. The second-order valence-corrected chi connectivity index (χ2v) is 3.41. The number of piperidine rings is 1. The lowest BCUT2D eigenvalue weighted by Gasteiger charge is -2.38. The molecule has 0 saturated carbocycles. The third-order valence-corrected chi connectivity index (χ3v) is 2.77. The van der Waals surface area contributed by atoms with E-state index in [1.54, 1.807) is 0 Å². The number of hydrogen-bond acceptors (Lipinski definition) is 2. The molecule has 1 saturated heterocycles. The van der Waals surface area contributed by atoms with Gasteiger partial charge in [0.1, 0.15) is 0 Å². The van der Waals surface area contributed by atoms with Crippen LogP contribution in [0.15, 0.2) is 0 Å². The van der Waals surface area contributed by atoms with E-state index in [0.29, 0.717) is 12.1 Å². The van der Waals surface area contributed by atoms with E-state index in [4.69, 9.17) is 5.73 Å². The van der Waals surface area contributed by atoms with Crippen LogP contribution in [0.25, 0.3) is 0 Å². The number of nitrogens with two attached hydrogens (primary N) is 1. The highest BCUT2D eigenvalue weighted by Crippen LogP contribution is 2.17. The summed E-state index contributed by atoms with van der Waals surface area (Å²) < 4.78 is 0. The van der Waals surface area contributed by atoms with E-state index in [2.05, 4.69) is 18.7 Å². The van der Waals surface area contributed by atoms with Crippen LogP contribution >= 0.6 is 0 Å². The molecule has 0 aromatic heterocycles. The molecular formula is C9H20N2. The van der Waals surface area contributed by atoms with Crippen LogP contribution in [0.5, 0.6) is 0 Å². The van der Waals surface area contributed by atoms with Gasteiger partial charge in [-0.25, -0.2) is 0 Å². The highest BCUT2D eigenvalue weighted by Gasteiger charge is 2.25. The Morgan fingerprint density at radius 1 is 1.45 bits per heavy atom. The molecule has 0 aromatic carbocycles. The first-order chi connectivity index (χ1) is 5.29. The molecule has 2 heteroatoms. The standard InChI is InChI=1S/C9H20N2/c1-3-9-8(10)6-5-7-11(9)4-2/h8-9H,3-7,10H2,1-2H3. The second-order valence-electron chi connectivity index (χ2n) is 3.41. The number of nitrogens with zero attached hydrogens (tertiary/aromatic N) is 1. The number of hydrogen-bond donors (Lipinski definition) is 1. The molecule has 1 heterocycles. The maximum absolute atomic E-state index is 6.01. The van der Waals surface area contributed by atoms with Crippen molar-refractivity contribution in [2.45, 2.75) is 45.2 Å². The molecule has 11 heavy (non-hydrogen) atoms. The van der Waals surface area contributed by atoms with Gasteiger partial charge in [-0.3, -0.25) is 4.90 Å². The molecule has 1 rings (SSSR count). The summed E-state index contributed by atoms with van der Waals surface area (Å²) in [6.45, 7) is 6.87. The molecule has 1 aliphatic rings. The molecule has 1 fully saturated rings. The Morgan fingerprint density at radius 3 is 2.64 bits per heavy atom. The van der Waals surface area contributed by atoms with E-state index >= 15 is 0 Å². The van der Waals surface area contributed by atoms with Gasteiger partial charge in [0.05, 0.1) is 0 Å². The van der Waals surface area contributed by atoms with Crippen LogP contribution in [0.4, 0.5) is 0 Å². The predicted molar refractivity (Wildman–Crippen MR) is 48.5 cm³/mol. The molecule has 0 aromatic rings. The average molecular weight is 156 g/mol. The van der Waals surface area contributed by atoms with Crippen molar-refractivity contribution in [3.05, 3.63) is 0 Å². The monoisotopic (exact) mass is 156 g/mol. The van der Waals surface area contributed by atoms with Crippen LogP contribution in [0, 0.1) is 0 Å². The summed E-state index contributed by atoms with van der Waals surface area (Å²) in [6.07, 6.45) is 3.70. The van der Waals surface area contributed by atoms with Gasteiger partial charge in [-0.2, -0.15) is 0 Å². The Labute approximate surface area is 69.8 Å². The summed E-state index contributed by atoms with van der Waals surface area (Å²) in [5, 5.41) is 0. The van der Waals surface area contributed by atoms with Gasteiger partial charge in [0.15, 0.2) is 0 Å². The quantitative estimate of drug-likeness (QED) is 0.651. The summed E-state index contributed by atoms with van der Waals surface area (Å²) in [5.74, 6) is 0. The Balaban J connectivity index is 2.48. The first-order valence-corrected chi connectivity index (χ1v) is 4.79. The van der Waals surface area contributed by atoms with E-state index in [1.807, 2.05) is 0 Å². The smallest absolute Gasteiger partial charge is 0.0244 e. The summed E-state index contributed by atoms with van der Waals surface area (Å²) in [7, 11) is 0. The van der Waals surface area contributed by atoms with Gasteiger partial charge in [-0.05, 0) is 32.4 Å². The van der Waals surface area contributed by atoms with Crippen LogP contribution < -0.4 is 5.73 Å². The van der Waals surface area contributed by atoms with Crippen molar-refractivity contribution >= 4 is 0 Å². The molecule has 0 spiro atoms. The fourth-order valence-electron chi connectivity index (χ4n) is 2.11. The lowest BCUT2D eigenvalue weighted by molar-refractivity contribution is 0.131. The van der Waals surface area contributed by atoms with E-state index < -0.39 is 0 Å². The van der Waals surface area contributed by atoms with Crippen molar-refractivity contribution < 1.29 is 0 Å². The lowest BCUT2D eigenvalue weighted by atomic mass is 9.95. The minimum Gasteiger partial charge on any atom is -0.326 e. The molecule has 2 N–H and O–H groups in total. The Morgan fingerprint density at radius 2 is 2.18 bits per heavy atom. The van der Waals surface area contributed by atoms with E-state index in [9.17, 15) is 0 Å².